The first-order chi connectivity index (χ1) is 13.9. The van der Waals surface area contributed by atoms with Crippen LogP contribution in [-0.2, 0) is 9.59 Å². The van der Waals surface area contributed by atoms with Gasteiger partial charge in [0, 0.05) is 18.7 Å². The first-order valence-corrected chi connectivity index (χ1v) is 9.84. The quantitative estimate of drug-likeness (QED) is 0.600. The Labute approximate surface area is 171 Å². The highest BCUT2D eigenvalue weighted by molar-refractivity contribution is 6.00. The number of nitrogens with zero attached hydrogens (tertiary/aromatic N) is 2. The summed E-state index contributed by atoms with van der Waals surface area (Å²) in [6.07, 6.45) is 0.835. The van der Waals surface area contributed by atoms with Crippen molar-refractivity contribution in [2.75, 3.05) is 11.4 Å². The van der Waals surface area contributed by atoms with Crippen LogP contribution in [-0.4, -0.2) is 30.2 Å². The lowest BCUT2D eigenvalue weighted by Gasteiger charge is -2.16. The molecule has 6 heteroatoms. The van der Waals surface area contributed by atoms with Gasteiger partial charge in [-0.2, -0.15) is 5.10 Å². The molecule has 1 heterocycles. The zero-order chi connectivity index (χ0) is 21.0. The molecule has 29 heavy (non-hydrogen) atoms. The molecule has 1 aliphatic rings. The van der Waals surface area contributed by atoms with Gasteiger partial charge in [0.1, 0.15) is 5.75 Å². The number of amides is 2. The van der Waals surface area contributed by atoms with E-state index in [1.165, 1.54) is 0 Å². The molecule has 2 aromatic carbocycles. The Kier molecular flexibility index (Phi) is 6.32. The highest BCUT2D eigenvalue weighted by atomic mass is 16.5. The van der Waals surface area contributed by atoms with Gasteiger partial charge in [-0.1, -0.05) is 24.3 Å². The molecule has 0 spiro atoms. The molecule has 1 saturated heterocycles. The SMILES string of the molecule is C/C(=N/NC(=O)[C@H](C)Oc1cccc(C)c1C)c1ccc(N2CCCC2=O)cc1. The van der Waals surface area contributed by atoms with Crippen molar-refractivity contribution in [2.24, 2.45) is 5.10 Å². The second-order valence-electron chi connectivity index (χ2n) is 7.33. The Morgan fingerprint density at radius 2 is 1.90 bits per heavy atom. The number of anilines is 1. The topological polar surface area (TPSA) is 71.0 Å². The molecule has 3 rings (SSSR count). The molecule has 6 nitrogen and oxygen atoms in total. The van der Waals surface area contributed by atoms with Gasteiger partial charge in [0.25, 0.3) is 5.91 Å². The third-order valence-corrected chi connectivity index (χ3v) is 5.23. The smallest absolute Gasteiger partial charge is 0.280 e. The van der Waals surface area contributed by atoms with E-state index < -0.39 is 6.10 Å². The van der Waals surface area contributed by atoms with E-state index in [4.69, 9.17) is 4.74 Å². The van der Waals surface area contributed by atoms with Gasteiger partial charge >= 0.3 is 0 Å². The van der Waals surface area contributed by atoms with E-state index in [1.807, 2.05) is 63.2 Å². The molecule has 1 fully saturated rings. The molecule has 0 bridgehead atoms. The van der Waals surface area contributed by atoms with Gasteiger partial charge in [-0.3, -0.25) is 9.59 Å². The predicted molar refractivity (Wildman–Crippen MR) is 114 cm³/mol. The van der Waals surface area contributed by atoms with Crippen LogP contribution in [0, 0.1) is 13.8 Å². The average Bonchev–Trinajstić information content (AvgIpc) is 3.15. The van der Waals surface area contributed by atoms with Crippen molar-refractivity contribution in [2.45, 2.75) is 46.6 Å². The lowest BCUT2D eigenvalue weighted by atomic mass is 10.1. The van der Waals surface area contributed by atoms with Gasteiger partial charge in [-0.15, -0.1) is 0 Å². The van der Waals surface area contributed by atoms with Crippen molar-refractivity contribution in [1.82, 2.24) is 5.43 Å². The predicted octanol–water partition coefficient (Wildman–Crippen LogP) is 3.74. The Hall–Kier alpha value is -3.15. The third-order valence-electron chi connectivity index (χ3n) is 5.23. The Morgan fingerprint density at radius 1 is 1.17 bits per heavy atom. The number of hydrogen-bond acceptors (Lipinski definition) is 4. The molecule has 0 saturated carbocycles. The maximum atomic E-state index is 12.4. The summed E-state index contributed by atoms with van der Waals surface area (Å²) in [5.74, 6) is 0.540. The van der Waals surface area contributed by atoms with Crippen LogP contribution in [0.25, 0.3) is 0 Å². The first-order valence-electron chi connectivity index (χ1n) is 9.84. The van der Waals surface area contributed by atoms with Crippen LogP contribution >= 0.6 is 0 Å². The number of rotatable bonds is 6. The van der Waals surface area contributed by atoms with Gasteiger partial charge in [-0.05, 0) is 69.0 Å². The largest absolute Gasteiger partial charge is 0.481 e. The Morgan fingerprint density at radius 3 is 2.55 bits per heavy atom. The maximum Gasteiger partial charge on any atom is 0.280 e. The molecule has 152 valence electrons. The minimum Gasteiger partial charge on any atom is -0.481 e. The van der Waals surface area contributed by atoms with Crippen molar-refractivity contribution in [3.05, 3.63) is 59.2 Å². The zero-order valence-corrected chi connectivity index (χ0v) is 17.4. The number of nitrogens with one attached hydrogen (secondary N) is 1. The molecule has 0 aliphatic carbocycles. The van der Waals surface area contributed by atoms with Gasteiger partial charge in [0.05, 0.1) is 5.71 Å². The fraction of sp³-hybridized carbons (Fsp3) is 0.348. The minimum absolute atomic E-state index is 0.160. The van der Waals surface area contributed by atoms with Crippen LogP contribution < -0.4 is 15.1 Å². The van der Waals surface area contributed by atoms with Gasteiger partial charge in [0.15, 0.2) is 6.10 Å². The maximum absolute atomic E-state index is 12.4. The third kappa shape index (κ3) is 4.83. The van der Waals surface area contributed by atoms with Crippen molar-refractivity contribution in [1.29, 1.82) is 0 Å². The molecular weight excluding hydrogens is 366 g/mol. The Balaban J connectivity index is 1.60. The molecule has 0 unspecified atom stereocenters. The van der Waals surface area contributed by atoms with E-state index in [0.29, 0.717) is 17.9 Å². The standard InChI is InChI=1S/C23H27N3O3/c1-15-7-5-8-21(16(15)2)29-18(4)23(28)25-24-17(3)19-10-12-20(13-11-19)26-14-6-9-22(26)27/h5,7-8,10-13,18H,6,9,14H2,1-4H3,(H,25,28)/b24-17-/t18-/m0/s1. The normalized spacial score (nSPS) is 15.4. The molecule has 0 radical (unpaired) electrons. The summed E-state index contributed by atoms with van der Waals surface area (Å²) in [6, 6.07) is 13.4. The number of carbonyl (C=O) groups is 2. The molecule has 1 atom stereocenters. The summed E-state index contributed by atoms with van der Waals surface area (Å²) in [5.41, 5.74) is 7.15. The summed E-state index contributed by atoms with van der Waals surface area (Å²) >= 11 is 0. The lowest BCUT2D eigenvalue weighted by molar-refractivity contribution is -0.127. The number of benzene rings is 2. The van der Waals surface area contributed by atoms with E-state index in [1.54, 1.807) is 11.8 Å². The van der Waals surface area contributed by atoms with E-state index in [9.17, 15) is 9.59 Å². The number of hydrogen-bond donors (Lipinski definition) is 1. The first kappa shape index (κ1) is 20.6. The summed E-state index contributed by atoms with van der Waals surface area (Å²) in [7, 11) is 0. The van der Waals surface area contributed by atoms with Gasteiger partial charge in [0.2, 0.25) is 5.91 Å². The van der Waals surface area contributed by atoms with Crippen LogP contribution in [0.1, 0.15) is 43.4 Å². The summed E-state index contributed by atoms with van der Waals surface area (Å²) < 4.78 is 5.79. The van der Waals surface area contributed by atoms with Crippen LogP contribution in [0.15, 0.2) is 47.6 Å². The molecule has 1 aliphatic heterocycles. The molecule has 0 aromatic heterocycles. The fourth-order valence-electron chi connectivity index (χ4n) is 3.19. The van der Waals surface area contributed by atoms with Crippen LogP contribution in [0.5, 0.6) is 5.75 Å². The van der Waals surface area contributed by atoms with E-state index >= 15 is 0 Å². The van der Waals surface area contributed by atoms with Crippen molar-refractivity contribution in [3.63, 3.8) is 0 Å². The second-order valence-corrected chi connectivity index (χ2v) is 7.33. The van der Waals surface area contributed by atoms with Crippen molar-refractivity contribution in [3.8, 4) is 5.75 Å². The van der Waals surface area contributed by atoms with E-state index in [2.05, 4.69) is 10.5 Å². The van der Waals surface area contributed by atoms with Crippen LogP contribution in [0.3, 0.4) is 0 Å². The molecule has 2 amide bonds. The second kappa shape index (κ2) is 8.90. The Bertz CT molecular complexity index is 935. The van der Waals surface area contributed by atoms with Crippen molar-refractivity contribution < 1.29 is 14.3 Å². The summed E-state index contributed by atoms with van der Waals surface area (Å²) in [5, 5.41) is 4.20. The summed E-state index contributed by atoms with van der Waals surface area (Å²) in [4.78, 5) is 26.0. The van der Waals surface area contributed by atoms with Gasteiger partial charge in [-0.25, -0.2) is 5.43 Å². The molecule has 2 aromatic rings. The molecular formula is C23H27N3O3. The highest BCUT2D eigenvalue weighted by Gasteiger charge is 2.21. The number of carbonyl (C=O) groups excluding carboxylic acids is 2. The molecule has 1 N–H and O–H groups in total. The lowest BCUT2D eigenvalue weighted by Crippen LogP contribution is -2.34. The van der Waals surface area contributed by atoms with Crippen LogP contribution in [0.2, 0.25) is 0 Å². The van der Waals surface area contributed by atoms with E-state index in [-0.39, 0.29) is 11.8 Å². The van der Waals surface area contributed by atoms with Crippen LogP contribution in [0.4, 0.5) is 5.69 Å². The van der Waals surface area contributed by atoms with Gasteiger partial charge < -0.3 is 9.64 Å². The average molecular weight is 393 g/mol. The zero-order valence-electron chi connectivity index (χ0n) is 17.4. The van der Waals surface area contributed by atoms with E-state index in [0.717, 1.165) is 35.3 Å². The number of ether oxygens (including phenoxy) is 1. The minimum atomic E-state index is -0.671. The highest BCUT2D eigenvalue weighted by Crippen LogP contribution is 2.22. The van der Waals surface area contributed by atoms with Crippen molar-refractivity contribution >= 4 is 23.2 Å². The number of aryl methyl sites for hydroxylation is 1. The monoisotopic (exact) mass is 393 g/mol. The fourth-order valence-corrected chi connectivity index (χ4v) is 3.19. The number of hydrazone groups is 1. The summed E-state index contributed by atoms with van der Waals surface area (Å²) in [6.45, 7) is 8.26.